The first-order valence-electron chi connectivity index (χ1n) is 14.5. The third kappa shape index (κ3) is 3.94. The lowest BCUT2D eigenvalue weighted by atomic mass is 10.0. The van der Waals surface area contributed by atoms with Crippen LogP contribution in [0.3, 0.4) is 0 Å². The number of nitrogens with zero attached hydrogens (tertiary/aromatic N) is 5. The number of carbonyl (C=O) groups is 1. The maximum absolute atomic E-state index is 14.4. The molecule has 1 N–H and O–H groups in total. The molecule has 0 radical (unpaired) electrons. The first-order chi connectivity index (χ1) is 21.5. The Balaban J connectivity index is 1.36. The van der Waals surface area contributed by atoms with Crippen molar-refractivity contribution in [1.82, 2.24) is 19.5 Å². The zero-order valence-corrected chi connectivity index (χ0v) is 24.1. The van der Waals surface area contributed by atoms with Crippen molar-refractivity contribution in [3.8, 4) is 28.2 Å². The second-order valence-corrected chi connectivity index (χ2v) is 11.0. The topological polar surface area (TPSA) is 84.1 Å². The molecule has 7 nitrogen and oxygen atoms in total. The van der Waals surface area contributed by atoms with Gasteiger partial charge in [0.05, 0.1) is 22.3 Å². The quantitative estimate of drug-likeness (QED) is 0.235. The number of amides is 1. The zero-order valence-electron chi connectivity index (χ0n) is 24.1. The number of aromatic nitrogens is 4. The van der Waals surface area contributed by atoms with Crippen LogP contribution in [0.25, 0.3) is 50.0 Å². The van der Waals surface area contributed by atoms with E-state index in [0.29, 0.717) is 40.0 Å². The summed E-state index contributed by atoms with van der Waals surface area (Å²) < 4.78 is 2.11. The fourth-order valence-electron chi connectivity index (χ4n) is 6.47. The minimum atomic E-state index is -1.13. The first kappa shape index (κ1) is 26.0. The maximum Gasteiger partial charge on any atom is 0.263 e. The lowest BCUT2D eigenvalue weighted by molar-refractivity contribution is 0.0935. The number of hydrogen-bond donors (Lipinski definition) is 1. The van der Waals surface area contributed by atoms with Gasteiger partial charge in [-0.25, -0.2) is 15.0 Å². The highest BCUT2D eigenvalue weighted by Crippen LogP contribution is 2.43. The van der Waals surface area contributed by atoms with Crippen molar-refractivity contribution in [3.63, 3.8) is 0 Å². The summed E-state index contributed by atoms with van der Waals surface area (Å²) in [4.78, 5) is 29.7. The molecule has 212 valence electrons. The molecule has 3 heterocycles. The Morgan fingerprint density at radius 1 is 0.682 bits per heavy atom. The number of aliphatic hydroxyl groups is 1. The molecule has 7 aromatic rings. The predicted octanol–water partition coefficient (Wildman–Crippen LogP) is 7.57. The highest BCUT2D eigenvalue weighted by molar-refractivity contribution is 6.17. The van der Waals surface area contributed by atoms with Crippen LogP contribution < -0.4 is 4.90 Å². The molecule has 0 saturated heterocycles. The number of benzene rings is 5. The summed E-state index contributed by atoms with van der Waals surface area (Å²) in [5, 5.41) is 13.7. The average molecular weight is 574 g/mol. The van der Waals surface area contributed by atoms with Gasteiger partial charge in [0.25, 0.3) is 5.91 Å². The molecule has 0 aliphatic carbocycles. The van der Waals surface area contributed by atoms with Crippen LogP contribution in [0.2, 0.25) is 0 Å². The highest BCUT2D eigenvalue weighted by Gasteiger charge is 2.39. The monoisotopic (exact) mass is 573 g/mol. The fraction of sp³-hybridized carbons (Fsp3) is 0.0811. The number of aliphatic hydroxyl groups excluding tert-OH is 1. The summed E-state index contributed by atoms with van der Waals surface area (Å²) in [5.74, 6) is 1.59. The highest BCUT2D eigenvalue weighted by atomic mass is 16.3. The Hall–Kier alpha value is -5.66. The van der Waals surface area contributed by atoms with Crippen LogP contribution in [0.1, 0.15) is 33.8 Å². The van der Waals surface area contributed by atoms with Crippen LogP contribution in [-0.2, 0) is 0 Å². The SMILES string of the molecule is Cc1nc(C)nc(-c2cccc3c4ccccc4n(-c4cccc5c4C(=O)N(c4cccc(-c6ccccc6)c4)C5O)c23)n1. The van der Waals surface area contributed by atoms with E-state index < -0.39 is 6.23 Å². The number of fused-ring (bicyclic) bond motifs is 4. The van der Waals surface area contributed by atoms with Gasteiger partial charge in [-0.1, -0.05) is 84.9 Å². The number of anilines is 1. The molecule has 0 fully saturated rings. The summed E-state index contributed by atoms with van der Waals surface area (Å²) in [6.07, 6.45) is -1.13. The van der Waals surface area contributed by atoms with Crippen LogP contribution in [0.4, 0.5) is 5.69 Å². The third-order valence-electron chi connectivity index (χ3n) is 8.30. The molecular formula is C37H27N5O2. The van der Waals surface area contributed by atoms with Gasteiger partial charge in [-0.15, -0.1) is 0 Å². The molecule has 1 aliphatic heterocycles. The predicted molar refractivity (Wildman–Crippen MR) is 173 cm³/mol. The lowest BCUT2D eigenvalue weighted by Gasteiger charge is -2.21. The van der Waals surface area contributed by atoms with E-state index in [1.807, 2.05) is 111 Å². The maximum atomic E-state index is 14.4. The van der Waals surface area contributed by atoms with E-state index >= 15 is 0 Å². The number of carbonyl (C=O) groups excluding carboxylic acids is 1. The summed E-state index contributed by atoms with van der Waals surface area (Å²) in [5.41, 5.74) is 7.02. The molecule has 5 aromatic carbocycles. The summed E-state index contributed by atoms with van der Waals surface area (Å²) in [6, 6.07) is 37.7. The van der Waals surface area contributed by atoms with Crippen molar-refractivity contribution in [2.24, 2.45) is 0 Å². The van der Waals surface area contributed by atoms with E-state index in [2.05, 4.69) is 27.8 Å². The van der Waals surface area contributed by atoms with Crippen LogP contribution in [0, 0.1) is 13.8 Å². The standard InChI is InChI=1S/C37H27N5O2/c1-22-38-23(2)40-35(39-22)30-18-9-16-28-27-15-6-7-19-31(27)42(34(28)30)32-20-10-17-29-33(32)37(44)41(36(29)43)26-14-8-13-25(21-26)24-11-4-3-5-12-24/h3-21,36,43H,1-2H3. The Kier molecular flexibility index (Phi) is 5.89. The summed E-state index contributed by atoms with van der Waals surface area (Å²) in [6.45, 7) is 3.72. The number of para-hydroxylation sites is 2. The smallest absolute Gasteiger partial charge is 0.263 e. The second-order valence-electron chi connectivity index (χ2n) is 11.0. The van der Waals surface area contributed by atoms with Crippen molar-refractivity contribution in [2.75, 3.05) is 4.90 Å². The Morgan fingerprint density at radius 2 is 1.36 bits per heavy atom. The molecule has 1 amide bonds. The van der Waals surface area contributed by atoms with Crippen LogP contribution in [0.5, 0.6) is 0 Å². The van der Waals surface area contributed by atoms with E-state index in [1.54, 1.807) is 0 Å². The summed E-state index contributed by atoms with van der Waals surface area (Å²) >= 11 is 0. The molecular weight excluding hydrogens is 546 g/mol. The largest absolute Gasteiger partial charge is 0.369 e. The second kappa shape index (κ2) is 9.97. The Morgan fingerprint density at radius 3 is 2.18 bits per heavy atom. The van der Waals surface area contributed by atoms with E-state index in [1.165, 1.54) is 4.90 Å². The minimum absolute atomic E-state index is 0.261. The molecule has 0 bridgehead atoms. The molecule has 7 heteroatoms. The molecule has 1 unspecified atom stereocenters. The average Bonchev–Trinajstić information content (AvgIpc) is 3.52. The van der Waals surface area contributed by atoms with Gasteiger partial charge in [-0.05, 0) is 55.3 Å². The normalized spacial score (nSPS) is 14.5. The molecule has 44 heavy (non-hydrogen) atoms. The third-order valence-corrected chi connectivity index (χ3v) is 8.30. The van der Waals surface area contributed by atoms with Gasteiger partial charge in [0.1, 0.15) is 11.6 Å². The van der Waals surface area contributed by atoms with Gasteiger partial charge < -0.3 is 9.67 Å². The van der Waals surface area contributed by atoms with E-state index in [0.717, 1.165) is 38.5 Å². The van der Waals surface area contributed by atoms with Gasteiger partial charge in [0.15, 0.2) is 12.1 Å². The van der Waals surface area contributed by atoms with Crippen molar-refractivity contribution in [2.45, 2.75) is 20.1 Å². The molecule has 8 rings (SSSR count). The Labute approximate surface area is 253 Å². The van der Waals surface area contributed by atoms with E-state index in [9.17, 15) is 9.90 Å². The Bertz CT molecular complexity index is 2240. The first-order valence-corrected chi connectivity index (χ1v) is 14.5. The van der Waals surface area contributed by atoms with Crippen molar-refractivity contribution in [3.05, 3.63) is 138 Å². The van der Waals surface area contributed by atoms with Gasteiger partial charge in [0.2, 0.25) is 0 Å². The lowest BCUT2D eigenvalue weighted by Crippen LogP contribution is -2.27. The van der Waals surface area contributed by atoms with Crippen molar-refractivity contribution in [1.29, 1.82) is 0 Å². The van der Waals surface area contributed by atoms with Crippen molar-refractivity contribution < 1.29 is 9.90 Å². The van der Waals surface area contributed by atoms with Crippen LogP contribution in [-0.4, -0.2) is 30.5 Å². The summed E-state index contributed by atoms with van der Waals surface area (Å²) in [7, 11) is 0. The molecule has 2 aromatic heterocycles. The van der Waals surface area contributed by atoms with Gasteiger partial charge in [-0.2, -0.15) is 0 Å². The fourth-order valence-corrected chi connectivity index (χ4v) is 6.47. The van der Waals surface area contributed by atoms with Crippen LogP contribution in [0.15, 0.2) is 115 Å². The zero-order chi connectivity index (χ0) is 29.9. The van der Waals surface area contributed by atoms with Crippen LogP contribution >= 0.6 is 0 Å². The number of hydrogen-bond acceptors (Lipinski definition) is 5. The number of rotatable bonds is 4. The van der Waals surface area contributed by atoms with Gasteiger partial charge in [-0.3, -0.25) is 9.69 Å². The molecule has 1 aliphatic rings. The molecule has 0 saturated carbocycles. The molecule has 0 spiro atoms. The molecule has 1 atom stereocenters. The van der Waals surface area contributed by atoms with E-state index in [-0.39, 0.29) is 5.91 Å². The number of aryl methyl sites for hydroxylation is 2. The van der Waals surface area contributed by atoms with E-state index in [4.69, 9.17) is 9.97 Å². The minimum Gasteiger partial charge on any atom is -0.369 e. The van der Waals surface area contributed by atoms with Crippen molar-refractivity contribution >= 4 is 33.4 Å². The van der Waals surface area contributed by atoms with Gasteiger partial charge in [0, 0.05) is 27.6 Å². The van der Waals surface area contributed by atoms with Gasteiger partial charge >= 0.3 is 0 Å².